The predicted molar refractivity (Wildman–Crippen MR) is 80.4 cm³/mol. The van der Waals surface area contributed by atoms with E-state index in [4.69, 9.17) is 19.9 Å². The van der Waals surface area contributed by atoms with Crippen molar-refractivity contribution in [2.75, 3.05) is 13.2 Å². The molecule has 124 valence electrons. The van der Waals surface area contributed by atoms with Crippen LogP contribution in [0.15, 0.2) is 18.2 Å². The normalized spacial score (nSPS) is 14.5. The van der Waals surface area contributed by atoms with E-state index in [9.17, 15) is 14.4 Å². The number of carbonyl (C=O) groups excluding carboxylic acids is 3. The Kier molecular flexibility index (Phi) is 5.56. The number of ether oxygens (including phenoxy) is 3. The van der Waals surface area contributed by atoms with E-state index in [1.54, 1.807) is 18.2 Å². The van der Waals surface area contributed by atoms with Crippen LogP contribution in [-0.2, 0) is 14.3 Å². The van der Waals surface area contributed by atoms with E-state index < -0.39 is 18.0 Å². The molecule has 23 heavy (non-hydrogen) atoms. The smallest absolute Gasteiger partial charge is 0.307 e. The van der Waals surface area contributed by atoms with Crippen molar-refractivity contribution >= 4 is 17.7 Å². The monoisotopic (exact) mass is 321 g/mol. The number of primary amides is 1. The highest BCUT2D eigenvalue weighted by molar-refractivity contribution is 5.98. The second-order valence-electron chi connectivity index (χ2n) is 5.17. The second-order valence-corrected chi connectivity index (χ2v) is 5.17. The molecule has 1 heterocycles. The molecule has 0 spiro atoms. The zero-order valence-electron chi connectivity index (χ0n) is 12.9. The van der Waals surface area contributed by atoms with E-state index in [1.807, 2.05) is 0 Å². The maximum absolute atomic E-state index is 12.1. The summed E-state index contributed by atoms with van der Waals surface area (Å²) < 4.78 is 15.8. The van der Waals surface area contributed by atoms with E-state index in [2.05, 4.69) is 0 Å². The Labute approximate surface area is 133 Å². The van der Waals surface area contributed by atoms with Crippen molar-refractivity contribution in [1.82, 2.24) is 0 Å². The maximum Gasteiger partial charge on any atom is 0.307 e. The fraction of sp³-hybridized carbons (Fsp3) is 0.438. The van der Waals surface area contributed by atoms with Crippen molar-refractivity contribution in [2.24, 2.45) is 5.73 Å². The second kappa shape index (κ2) is 7.62. The summed E-state index contributed by atoms with van der Waals surface area (Å²) in [7, 11) is 0. The number of ketones is 1. The minimum atomic E-state index is -1.00. The first-order chi connectivity index (χ1) is 11.0. The molecular weight excluding hydrogens is 302 g/mol. The van der Waals surface area contributed by atoms with Gasteiger partial charge in [0.15, 0.2) is 23.4 Å². The lowest BCUT2D eigenvalue weighted by atomic mass is 10.1. The topological polar surface area (TPSA) is 105 Å². The van der Waals surface area contributed by atoms with Crippen LogP contribution in [0.2, 0.25) is 0 Å². The van der Waals surface area contributed by atoms with E-state index in [1.165, 1.54) is 6.92 Å². The highest BCUT2D eigenvalue weighted by atomic mass is 16.5. The molecule has 0 saturated heterocycles. The van der Waals surface area contributed by atoms with Crippen molar-refractivity contribution in [1.29, 1.82) is 0 Å². The van der Waals surface area contributed by atoms with Gasteiger partial charge < -0.3 is 19.9 Å². The molecule has 1 aliphatic heterocycles. The Morgan fingerprint density at radius 2 is 1.87 bits per heavy atom. The lowest BCUT2D eigenvalue weighted by molar-refractivity contribution is -0.153. The molecule has 0 saturated carbocycles. The van der Waals surface area contributed by atoms with Crippen molar-refractivity contribution in [3.63, 3.8) is 0 Å². The fourth-order valence-corrected chi connectivity index (χ4v) is 2.01. The average molecular weight is 321 g/mol. The van der Waals surface area contributed by atoms with Crippen molar-refractivity contribution in [3.8, 4) is 11.5 Å². The summed E-state index contributed by atoms with van der Waals surface area (Å²) in [5.41, 5.74) is 5.44. The van der Waals surface area contributed by atoms with E-state index in [0.29, 0.717) is 30.3 Å². The van der Waals surface area contributed by atoms with E-state index in [0.717, 1.165) is 6.42 Å². The fourth-order valence-electron chi connectivity index (χ4n) is 2.01. The van der Waals surface area contributed by atoms with Gasteiger partial charge in [-0.1, -0.05) is 0 Å². The van der Waals surface area contributed by atoms with Gasteiger partial charge in [0.1, 0.15) is 0 Å². The molecule has 2 N–H and O–H groups in total. The molecule has 2 rings (SSSR count). The van der Waals surface area contributed by atoms with Crippen LogP contribution in [0.25, 0.3) is 0 Å². The zero-order chi connectivity index (χ0) is 16.8. The van der Waals surface area contributed by atoms with Crippen LogP contribution in [0.3, 0.4) is 0 Å². The molecule has 7 nitrogen and oxygen atoms in total. The predicted octanol–water partition coefficient (Wildman–Crippen LogP) is 1.23. The summed E-state index contributed by atoms with van der Waals surface area (Å²) in [6.07, 6.45) is -0.368. The van der Waals surface area contributed by atoms with Gasteiger partial charge in [-0.05, 0) is 25.1 Å². The van der Waals surface area contributed by atoms with E-state index >= 15 is 0 Å². The van der Waals surface area contributed by atoms with Gasteiger partial charge in [-0.25, -0.2) is 0 Å². The van der Waals surface area contributed by atoms with Crippen molar-refractivity contribution in [3.05, 3.63) is 23.8 Å². The maximum atomic E-state index is 12.1. The number of rotatable bonds is 6. The Balaban J connectivity index is 1.92. The van der Waals surface area contributed by atoms with E-state index in [-0.39, 0.29) is 18.6 Å². The van der Waals surface area contributed by atoms with Crippen LogP contribution in [-0.4, -0.2) is 37.0 Å². The molecule has 0 aromatic heterocycles. The van der Waals surface area contributed by atoms with Crippen LogP contribution >= 0.6 is 0 Å². The van der Waals surface area contributed by atoms with Gasteiger partial charge in [0.25, 0.3) is 5.91 Å². The summed E-state index contributed by atoms with van der Waals surface area (Å²) in [5, 5.41) is 0. The molecule has 1 amide bonds. The molecule has 1 atom stereocenters. The summed E-state index contributed by atoms with van der Waals surface area (Å²) in [4.78, 5) is 34.5. The Hall–Kier alpha value is -2.57. The number of carbonyl (C=O) groups is 3. The zero-order valence-corrected chi connectivity index (χ0v) is 12.9. The first-order valence-electron chi connectivity index (χ1n) is 7.39. The van der Waals surface area contributed by atoms with Crippen LogP contribution < -0.4 is 15.2 Å². The lowest BCUT2D eigenvalue weighted by Crippen LogP contribution is -2.30. The molecule has 0 bridgehead atoms. The first-order valence-corrected chi connectivity index (χ1v) is 7.39. The number of hydrogen-bond acceptors (Lipinski definition) is 6. The molecule has 1 unspecified atom stereocenters. The first kappa shape index (κ1) is 16.8. The lowest BCUT2D eigenvalue weighted by Gasteiger charge is -2.10. The average Bonchev–Trinajstić information content (AvgIpc) is 2.76. The molecular formula is C16H19NO6. The number of amides is 1. The molecule has 0 radical (unpaired) electrons. The summed E-state index contributed by atoms with van der Waals surface area (Å²) in [6, 6.07) is 4.93. The largest absolute Gasteiger partial charge is 0.490 e. The third-order valence-corrected chi connectivity index (χ3v) is 3.33. The summed E-state index contributed by atoms with van der Waals surface area (Å²) in [5.74, 6) is -0.456. The van der Waals surface area contributed by atoms with Gasteiger partial charge in [-0.2, -0.15) is 0 Å². The number of benzene rings is 1. The van der Waals surface area contributed by atoms with Crippen molar-refractivity contribution < 1.29 is 28.6 Å². The summed E-state index contributed by atoms with van der Waals surface area (Å²) >= 11 is 0. The Morgan fingerprint density at radius 1 is 1.17 bits per heavy atom. The van der Waals surface area contributed by atoms with Gasteiger partial charge in [-0.3, -0.25) is 14.4 Å². The standard InChI is InChI=1S/C16H19NO6/c1-10(16(17)20)23-15(19)6-4-12(18)11-3-5-13-14(9-11)22-8-2-7-21-13/h3,5,9-10H,2,4,6-8H2,1H3,(H2,17,20). The van der Waals surface area contributed by atoms with Crippen LogP contribution in [0.4, 0.5) is 0 Å². The molecule has 7 heteroatoms. The van der Waals surface area contributed by atoms with Gasteiger partial charge in [0.05, 0.1) is 19.6 Å². The quantitative estimate of drug-likeness (QED) is 0.624. The number of Topliss-reactive ketones (excluding diaryl/α,β-unsaturated/α-hetero) is 1. The van der Waals surface area contributed by atoms with Gasteiger partial charge >= 0.3 is 5.97 Å². The van der Waals surface area contributed by atoms with Crippen LogP contribution in [0.5, 0.6) is 11.5 Å². The third kappa shape index (κ3) is 4.70. The third-order valence-electron chi connectivity index (χ3n) is 3.33. The number of esters is 1. The molecule has 1 aromatic rings. The number of hydrogen-bond donors (Lipinski definition) is 1. The molecule has 0 aliphatic carbocycles. The van der Waals surface area contributed by atoms with Crippen molar-refractivity contribution in [2.45, 2.75) is 32.3 Å². The number of fused-ring (bicyclic) bond motifs is 1. The van der Waals surface area contributed by atoms with Gasteiger partial charge in [0, 0.05) is 18.4 Å². The number of nitrogens with two attached hydrogens (primary N) is 1. The minimum absolute atomic E-state index is 0.0239. The molecule has 0 fully saturated rings. The van der Waals surface area contributed by atoms with Crippen LogP contribution in [0.1, 0.15) is 36.5 Å². The Morgan fingerprint density at radius 3 is 2.57 bits per heavy atom. The van der Waals surface area contributed by atoms with Crippen LogP contribution in [0, 0.1) is 0 Å². The molecule has 1 aromatic carbocycles. The Bertz CT molecular complexity index is 613. The summed E-state index contributed by atoms with van der Waals surface area (Å²) in [6.45, 7) is 2.48. The highest BCUT2D eigenvalue weighted by Gasteiger charge is 2.18. The highest BCUT2D eigenvalue weighted by Crippen LogP contribution is 2.30. The molecule has 1 aliphatic rings. The SMILES string of the molecule is CC(OC(=O)CCC(=O)c1ccc2c(c1)OCCCO2)C(N)=O. The minimum Gasteiger partial charge on any atom is -0.490 e. The van der Waals surface area contributed by atoms with Gasteiger partial charge in [-0.15, -0.1) is 0 Å². The van der Waals surface area contributed by atoms with Gasteiger partial charge in [0.2, 0.25) is 0 Å².